The molecule has 0 spiro atoms. The molecule has 1 fully saturated rings. The highest BCUT2D eigenvalue weighted by Crippen LogP contribution is 2.25. The lowest BCUT2D eigenvalue weighted by atomic mass is 10.1. The number of ketones is 1. The van der Waals surface area contributed by atoms with E-state index in [9.17, 15) is 9.59 Å². The number of benzene rings is 1. The van der Waals surface area contributed by atoms with Crippen LogP contribution in [0.15, 0.2) is 48.8 Å². The summed E-state index contributed by atoms with van der Waals surface area (Å²) in [6.45, 7) is 0.666. The maximum atomic E-state index is 12.5. The molecule has 1 amide bonds. The second kappa shape index (κ2) is 6.22. The summed E-state index contributed by atoms with van der Waals surface area (Å²) < 4.78 is 5.65. The van der Waals surface area contributed by atoms with Gasteiger partial charge < -0.3 is 14.6 Å². The summed E-state index contributed by atoms with van der Waals surface area (Å²) in [4.78, 5) is 33.4. The Labute approximate surface area is 148 Å². The number of carbonyl (C=O) groups excluding carboxylic acids is 2. The average Bonchev–Trinajstić information content (AvgIpc) is 3.02. The molecule has 126 valence electrons. The first kappa shape index (κ1) is 15.7. The number of ether oxygens (including phenoxy) is 1. The average molecular weight is 356 g/mol. The van der Waals surface area contributed by atoms with E-state index in [1.807, 2.05) is 24.3 Å². The SMILES string of the molecule is O=C(C(=O)N1CC(Oc2ncccc2Cl)C1)c1c[nH]c2ccccc12. The Hall–Kier alpha value is -2.86. The van der Waals surface area contributed by atoms with Crippen molar-refractivity contribution >= 4 is 34.2 Å². The molecule has 0 radical (unpaired) electrons. The second-order valence-corrected chi connectivity index (χ2v) is 6.22. The predicted octanol–water partition coefficient (Wildman–Crippen LogP) is 2.69. The minimum Gasteiger partial charge on any atom is -0.470 e. The molecule has 1 aliphatic rings. The number of aromatic nitrogens is 2. The van der Waals surface area contributed by atoms with Gasteiger partial charge in [0.15, 0.2) is 0 Å². The van der Waals surface area contributed by atoms with E-state index in [0.29, 0.717) is 29.6 Å². The van der Waals surface area contributed by atoms with Gasteiger partial charge in [-0.1, -0.05) is 29.8 Å². The van der Waals surface area contributed by atoms with Crippen molar-refractivity contribution in [3.8, 4) is 5.88 Å². The molecule has 0 unspecified atom stereocenters. The van der Waals surface area contributed by atoms with Gasteiger partial charge in [-0.3, -0.25) is 9.59 Å². The zero-order valence-corrected chi connectivity index (χ0v) is 13.9. The Kier molecular flexibility index (Phi) is 3.89. The summed E-state index contributed by atoms with van der Waals surface area (Å²) in [5.74, 6) is -0.715. The molecule has 1 aromatic carbocycles. The molecule has 6 nitrogen and oxygen atoms in total. The van der Waals surface area contributed by atoms with Crippen LogP contribution < -0.4 is 4.74 Å². The van der Waals surface area contributed by atoms with Crippen LogP contribution in [-0.2, 0) is 4.79 Å². The lowest BCUT2D eigenvalue weighted by Crippen LogP contribution is -2.57. The van der Waals surface area contributed by atoms with Crippen LogP contribution in [0.2, 0.25) is 5.02 Å². The van der Waals surface area contributed by atoms with Crippen LogP contribution in [0.4, 0.5) is 0 Å². The zero-order valence-electron chi connectivity index (χ0n) is 13.1. The van der Waals surface area contributed by atoms with Gasteiger partial charge in [-0.15, -0.1) is 0 Å². The number of hydrogen-bond donors (Lipinski definition) is 1. The molecule has 7 heteroatoms. The fraction of sp³-hybridized carbons (Fsp3) is 0.167. The number of pyridine rings is 1. The van der Waals surface area contributed by atoms with Crippen LogP contribution in [0.5, 0.6) is 5.88 Å². The number of hydrogen-bond acceptors (Lipinski definition) is 4. The number of H-pyrrole nitrogens is 1. The van der Waals surface area contributed by atoms with E-state index in [1.165, 1.54) is 4.90 Å². The van der Waals surface area contributed by atoms with Gasteiger partial charge in [0, 0.05) is 23.3 Å². The summed E-state index contributed by atoms with van der Waals surface area (Å²) >= 11 is 6.00. The molecule has 0 atom stereocenters. The first-order valence-corrected chi connectivity index (χ1v) is 8.18. The van der Waals surface area contributed by atoms with Crippen LogP contribution in [0, 0.1) is 0 Å². The third-order valence-electron chi connectivity index (χ3n) is 4.17. The second-order valence-electron chi connectivity index (χ2n) is 5.82. The fourth-order valence-corrected chi connectivity index (χ4v) is 2.98. The highest BCUT2D eigenvalue weighted by molar-refractivity contribution is 6.45. The summed E-state index contributed by atoms with van der Waals surface area (Å²) in [6.07, 6.45) is 2.95. The van der Waals surface area contributed by atoms with Crippen LogP contribution in [-0.4, -0.2) is 45.8 Å². The number of nitrogens with one attached hydrogen (secondary N) is 1. The smallest absolute Gasteiger partial charge is 0.295 e. The number of halogens is 1. The third kappa shape index (κ3) is 2.85. The molecule has 3 heterocycles. The number of Topliss-reactive ketones (excluding diaryl/α,β-unsaturated/α-hetero) is 1. The van der Waals surface area contributed by atoms with Crippen molar-refractivity contribution < 1.29 is 14.3 Å². The number of nitrogens with zero attached hydrogens (tertiary/aromatic N) is 2. The molecule has 3 aromatic rings. The number of carbonyl (C=O) groups is 2. The quantitative estimate of drug-likeness (QED) is 0.576. The Morgan fingerprint density at radius 3 is 2.80 bits per heavy atom. The van der Waals surface area contributed by atoms with E-state index in [1.54, 1.807) is 24.5 Å². The maximum absolute atomic E-state index is 12.5. The molecule has 0 aliphatic carbocycles. The van der Waals surface area contributed by atoms with Crippen LogP contribution in [0.1, 0.15) is 10.4 Å². The highest BCUT2D eigenvalue weighted by Gasteiger charge is 2.36. The normalized spacial score (nSPS) is 14.4. The first-order valence-electron chi connectivity index (χ1n) is 7.80. The number of aromatic amines is 1. The number of amides is 1. The third-order valence-corrected chi connectivity index (χ3v) is 4.45. The number of rotatable bonds is 4. The van der Waals surface area contributed by atoms with Crippen LogP contribution in [0.3, 0.4) is 0 Å². The minimum atomic E-state index is -0.531. The van der Waals surface area contributed by atoms with Crippen molar-refractivity contribution in [2.75, 3.05) is 13.1 Å². The fourth-order valence-electron chi connectivity index (χ4n) is 2.81. The Morgan fingerprint density at radius 1 is 1.20 bits per heavy atom. The molecule has 1 N–H and O–H groups in total. The van der Waals surface area contributed by atoms with Crippen molar-refractivity contribution in [3.05, 3.63) is 59.4 Å². The Morgan fingerprint density at radius 2 is 2.00 bits per heavy atom. The van der Waals surface area contributed by atoms with E-state index < -0.39 is 11.7 Å². The van der Waals surface area contributed by atoms with E-state index in [2.05, 4.69) is 9.97 Å². The molecule has 0 bridgehead atoms. The summed E-state index contributed by atoms with van der Waals surface area (Å²) in [6, 6.07) is 10.8. The first-order chi connectivity index (χ1) is 12.1. The van der Waals surface area contributed by atoms with Gasteiger partial charge in [0.2, 0.25) is 5.88 Å². The monoisotopic (exact) mass is 355 g/mol. The van der Waals surface area contributed by atoms with Crippen molar-refractivity contribution in [3.63, 3.8) is 0 Å². The van der Waals surface area contributed by atoms with Gasteiger partial charge in [-0.05, 0) is 18.2 Å². The Bertz CT molecular complexity index is 963. The summed E-state index contributed by atoms with van der Waals surface area (Å²) in [5.41, 5.74) is 1.21. The van der Waals surface area contributed by atoms with Crippen LogP contribution in [0.25, 0.3) is 10.9 Å². The topological polar surface area (TPSA) is 75.3 Å². The van der Waals surface area contributed by atoms with Gasteiger partial charge in [0.05, 0.1) is 18.7 Å². The van der Waals surface area contributed by atoms with E-state index in [0.717, 1.165) is 10.9 Å². The van der Waals surface area contributed by atoms with Crippen molar-refractivity contribution in [1.82, 2.24) is 14.9 Å². The minimum absolute atomic E-state index is 0.216. The van der Waals surface area contributed by atoms with E-state index in [-0.39, 0.29) is 6.10 Å². The standard InChI is InChI=1S/C18H14ClN3O3/c19-14-5-3-7-20-17(14)25-11-9-22(10-11)18(24)16(23)13-8-21-15-6-2-1-4-12(13)15/h1-8,11,21H,9-10H2. The predicted molar refractivity (Wildman–Crippen MR) is 92.9 cm³/mol. The van der Waals surface area contributed by atoms with E-state index >= 15 is 0 Å². The summed E-state index contributed by atoms with van der Waals surface area (Å²) in [7, 11) is 0. The lowest BCUT2D eigenvalue weighted by molar-refractivity contribution is -0.134. The number of para-hydroxylation sites is 1. The van der Waals surface area contributed by atoms with Crippen LogP contribution >= 0.6 is 11.6 Å². The van der Waals surface area contributed by atoms with Gasteiger partial charge in [0.25, 0.3) is 11.7 Å². The maximum Gasteiger partial charge on any atom is 0.295 e. The zero-order chi connectivity index (χ0) is 17.4. The van der Waals surface area contributed by atoms with Crippen molar-refractivity contribution in [2.24, 2.45) is 0 Å². The molecule has 0 saturated carbocycles. The lowest BCUT2D eigenvalue weighted by Gasteiger charge is -2.38. The van der Waals surface area contributed by atoms with Gasteiger partial charge in [0.1, 0.15) is 11.1 Å². The Balaban J connectivity index is 1.41. The molecule has 2 aromatic heterocycles. The molecular weight excluding hydrogens is 342 g/mol. The van der Waals surface area contributed by atoms with Crippen molar-refractivity contribution in [2.45, 2.75) is 6.10 Å². The van der Waals surface area contributed by atoms with Gasteiger partial charge in [-0.2, -0.15) is 0 Å². The molecule has 4 rings (SSSR count). The molecule has 1 aliphatic heterocycles. The number of likely N-dealkylation sites (tertiary alicyclic amines) is 1. The van der Waals surface area contributed by atoms with Gasteiger partial charge >= 0.3 is 0 Å². The summed E-state index contributed by atoms with van der Waals surface area (Å²) in [5, 5.41) is 1.16. The number of fused-ring (bicyclic) bond motifs is 1. The van der Waals surface area contributed by atoms with E-state index in [4.69, 9.17) is 16.3 Å². The largest absolute Gasteiger partial charge is 0.470 e. The molecular formula is C18H14ClN3O3. The highest BCUT2D eigenvalue weighted by atomic mass is 35.5. The van der Waals surface area contributed by atoms with Crippen molar-refractivity contribution in [1.29, 1.82) is 0 Å². The molecule has 25 heavy (non-hydrogen) atoms. The van der Waals surface area contributed by atoms with Gasteiger partial charge in [-0.25, -0.2) is 4.98 Å². The molecule has 1 saturated heterocycles.